The van der Waals surface area contributed by atoms with Crippen LogP contribution in [0.3, 0.4) is 0 Å². The van der Waals surface area contributed by atoms with Crippen molar-refractivity contribution in [2.24, 2.45) is 0 Å². The number of hydrogen-bond acceptors (Lipinski definition) is 4. The number of rotatable bonds is 4. The lowest BCUT2D eigenvalue weighted by atomic mass is 10.0. The van der Waals surface area contributed by atoms with Crippen molar-refractivity contribution in [2.45, 2.75) is 25.8 Å². The SMILES string of the molecule is COc1ccc(F)c(CN2CC[C@H](c3cc(=O)[nH]c(C)n3)C2)c1. The van der Waals surface area contributed by atoms with Crippen molar-refractivity contribution in [1.29, 1.82) is 0 Å². The number of nitrogens with zero attached hydrogens (tertiary/aromatic N) is 2. The first kappa shape index (κ1) is 15.7. The maximum Gasteiger partial charge on any atom is 0.251 e. The van der Waals surface area contributed by atoms with Gasteiger partial charge >= 0.3 is 0 Å². The lowest BCUT2D eigenvalue weighted by molar-refractivity contribution is 0.319. The Morgan fingerprint density at radius 3 is 3.00 bits per heavy atom. The number of aryl methyl sites for hydroxylation is 1. The van der Waals surface area contributed by atoms with Gasteiger partial charge < -0.3 is 9.72 Å². The van der Waals surface area contributed by atoms with Gasteiger partial charge in [0.25, 0.3) is 5.56 Å². The molecule has 0 spiro atoms. The normalized spacial score (nSPS) is 18.3. The Morgan fingerprint density at radius 2 is 2.26 bits per heavy atom. The Hall–Kier alpha value is -2.21. The van der Waals surface area contributed by atoms with Crippen LogP contribution in [0.2, 0.25) is 0 Å². The van der Waals surface area contributed by atoms with Gasteiger partial charge in [-0.25, -0.2) is 9.37 Å². The minimum atomic E-state index is -0.223. The Labute approximate surface area is 134 Å². The maximum absolute atomic E-state index is 13.9. The van der Waals surface area contributed by atoms with Crippen LogP contribution in [-0.4, -0.2) is 35.1 Å². The first-order chi connectivity index (χ1) is 11.0. The number of aromatic nitrogens is 2. The summed E-state index contributed by atoms with van der Waals surface area (Å²) >= 11 is 0. The van der Waals surface area contributed by atoms with Gasteiger partial charge in [0, 0.05) is 30.6 Å². The summed E-state index contributed by atoms with van der Waals surface area (Å²) in [6.45, 7) is 3.94. The molecule has 5 nitrogen and oxygen atoms in total. The van der Waals surface area contributed by atoms with Crippen LogP contribution >= 0.6 is 0 Å². The van der Waals surface area contributed by atoms with Crippen molar-refractivity contribution in [3.63, 3.8) is 0 Å². The highest BCUT2D eigenvalue weighted by Crippen LogP contribution is 2.27. The van der Waals surface area contributed by atoms with E-state index < -0.39 is 0 Å². The molecule has 0 bridgehead atoms. The highest BCUT2D eigenvalue weighted by molar-refractivity contribution is 5.30. The fourth-order valence-electron chi connectivity index (χ4n) is 3.07. The number of aromatic amines is 1. The van der Waals surface area contributed by atoms with Crippen LogP contribution < -0.4 is 10.3 Å². The molecule has 1 aromatic carbocycles. The molecule has 122 valence electrons. The van der Waals surface area contributed by atoms with E-state index in [4.69, 9.17) is 4.74 Å². The van der Waals surface area contributed by atoms with Gasteiger partial charge in [0.1, 0.15) is 17.4 Å². The van der Waals surface area contributed by atoms with Crippen molar-refractivity contribution in [1.82, 2.24) is 14.9 Å². The van der Waals surface area contributed by atoms with Crippen molar-refractivity contribution in [3.05, 3.63) is 57.5 Å². The van der Waals surface area contributed by atoms with E-state index in [1.807, 2.05) is 0 Å². The fraction of sp³-hybridized carbons (Fsp3) is 0.412. The van der Waals surface area contributed by atoms with Gasteiger partial charge in [-0.15, -0.1) is 0 Å². The number of benzene rings is 1. The van der Waals surface area contributed by atoms with Crippen molar-refractivity contribution in [2.75, 3.05) is 20.2 Å². The number of likely N-dealkylation sites (tertiary alicyclic amines) is 1. The average Bonchev–Trinajstić information content (AvgIpc) is 2.97. The van der Waals surface area contributed by atoms with Gasteiger partial charge in [-0.2, -0.15) is 0 Å². The van der Waals surface area contributed by atoms with Gasteiger partial charge in [-0.05, 0) is 38.1 Å². The van der Waals surface area contributed by atoms with Crippen LogP contribution in [0.4, 0.5) is 4.39 Å². The third-order valence-corrected chi connectivity index (χ3v) is 4.22. The lowest BCUT2D eigenvalue weighted by Gasteiger charge is -2.17. The van der Waals surface area contributed by atoms with Crippen molar-refractivity contribution >= 4 is 0 Å². The van der Waals surface area contributed by atoms with Gasteiger partial charge in [0.15, 0.2) is 0 Å². The minimum Gasteiger partial charge on any atom is -0.497 e. The first-order valence-electron chi connectivity index (χ1n) is 7.68. The topological polar surface area (TPSA) is 58.2 Å². The van der Waals surface area contributed by atoms with Crippen LogP contribution in [0.15, 0.2) is 29.1 Å². The summed E-state index contributed by atoms with van der Waals surface area (Å²) in [6, 6.07) is 6.35. The number of halogens is 1. The van der Waals surface area contributed by atoms with Gasteiger partial charge in [-0.1, -0.05) is 0 Å². The summed E-state index contributed by atoms with van der Waals surface area (Å²) < 4.78 is 19.1. The zero-order valence-corrected chi connectivity index (χ0v) is 13.3. The molecule has 0 radical (unpaired) electrons. The van der Waals surface area contributed by atoms with E-state index in [1.165, 1.54) is 6.07 Å². The summed E-state index contributed by atoms with van der Waals surface area (Å²) in [5.41, 5.74) is 1.32. The molecule has 1 fully saturated rings. The Balaban J connectivity index is 1.72. The molecule has 1 aliphatic rings. The van der Waals surface area contributed by atoms with E-state index in [2.05, 4.69) is 14.9 Å². The van der Waals surface area contributed by atoms with Gasteiger partial charge in [0.05, 0.1) is 12.8 Å². The van der Waals surface area contributed by atoms with Crippen LogP contribution in [0.1, 0.15) is 29.4 Å². The smallest absolute Gasteiger partial charge is 0.251 e. The first-order valence-corrected chi connectivity index (χ1v) is 7.68. The molecule has 1 aromatic heterocycles. The molecular weight excluding hydrogens is 297 g/mol. The van der Waals surface area contributed by atoms with Gasteiger partial charge in [-0.3, -0.25) is 9.69 Å². The highest BCUT2D eigenvalue weighted by Gasteiger charge is 2.26. The zero-order valence-electron chi connectivity index (χ0n) is 13.3. The van der Waals surface area contributed by atoms with E-state index >= 15 is 0 Å². The molecule has 23 heavy (non-hydrogen) atoms. The largest absolute Gasteiger partial charge is 0.497 e. The number of H-pyrrole nitrogens is 1. The molecule has 2 heterocycles. The molecule has 0 unspecified atom stereocenters. The molecule has 1 aliphatic heterocycles. The summed E-state index contributed by atoms with van der Waals surface area (Å²) in [7, 11) is 1.57. The summed E-state index contributed by atoms with van der Waals surface area (Å²) in [4.78, 5) is 20.9. The monoisotopic (exact) mass is 317 g/mol. The molecule has 6 heteroatoms. The number of nitrogens with one attached hydrogen (secondary N) is 1. The van der Waals surface area contributed by atoms with E-state index in [-0.39, 0.29) is 17.3 Å². The second kappa shape index (κ2) is 6.50. The van der Waals surface area contributed by atoms with E-state index in [1.54, 1.807) is 32.2 Å². The maximum atomic E-state index is 13.9. The third-order valence-electron chi connectivity index (χ3n) is 4.22. The van der Waals surface area contributed by atoms with Gasteiger partial charge in [0.2, 0.25) is 0 Å². The van der Waals surface area contributed by atoms with Crippen LogP contribution in [0.5, 0.6) is 5.75 Å². The zero-order chi connectivity index (χ0) is 16.4. The molecule has 1 saturated heterocycles. The molecular formula is C17H20FN3O2. The third kappa shape index (κ3) is 3.59. The highest BCUT2D eigenvalue weighted by atomic mass is 19.1. The standard InChI is InChI=1S/C17H20FN3O2/c1-11-19-16(8-17(22)20-11)12-5-6-21(9-12)10-13-7-14(23-2)3-4-15(13)18/h3-4,7-8,12H,5-6,9-10H2,1-2H3,(H,19,20,22)/t12-/m0/s1. The molecule has 3 rings (SSSR count). The number of ether oxygens (including phenoxy) is 1. The second-order valence-electron chi connectivity index (χ2n) is 5.93. The molecule has 0 aliphatic carbocycles. The summed E-state index contributed by atoms with van der Waals surface area (Å²) in [6.07, 6.45) is 0.918. The van der Waals surface area contributed by atoms with Crippen molar-refractivity contribution < 1.29 is 9.13 Å². The summed E-state index contributed by atoms with van der Waals surface area (Å²) in [5.74, 6) is 1.28. The quantitative estimate of drug-likeness (QED) is 0.939. The van der Waals surface area contributed by atoms with Crippen LogP contribution in [0.25, 0.3) is 0 Å². The van der Waals surface area contributed by atoms with E-state index in [0.29, 0.717) is 23.7 Å². The molecule has 1 atom stereocenters. The second-order valence-corrected chi connectivity index (χ2v) is 5.93. The number of hydrogen-bond donors (Lipinski definition) is 1. The van der Waals surface area contributed by atoms with Crippen LogP contribution in [-0.2, 0) is 6.54 Å². The van der Waals surface area contributed by atoms with Crippen molar-refractivity contribution in [3.8, 4) is 5.75 Å². The Bertz CT molecular complexity index is 760. The van der Waals surface area contributed by atoms with Crippen LogP contribution in [0, 0.1) is 12.7 Å². The van der Waals surface area contributed by atoms with E-state index in [9.17, 15) is 9.18 Å². The average molecular weight is 317 g/mol. The molecule has 2 aromatic rings. The van der Waals surface area contributed by atoms with E-state index in [0.717, 1.165) is 25.2 Å². The predicted molar refractivity (Wildman–Crippen MR) is 85.2 cm³/mol. The Kier molecular flexibility index (Phi) is 4.43. The minimum absolute atomic E-state index is 0.121. The fourth-order valence-corrected chi connectivity index (χ4v) is 3.07. The molecule has 0 amide bonds. The molecule has 0 saturated carbocycles. The lowest BCUT2D eigenvalue weighted by Crippen LogP contribution is -2.21. The molecule has 1 N–H and O–H groups in total. The summed E-state index contributed by atoms with van der Waals surface area (Å²) in [5, 5.41) is 0. The number of methoxy groups -OCH3 is 1. The predicted octanol–water partition coefficient (Wildman–Crippen LogP) is 2.22. The Morgan fingerprint density at radius 1 is 1.43 bits per heavy atom.